The highest BCUT2D eigenvalue weighted by molar-refractivity contribution is 5.32. The molecule has 0 bridgehead atoms. The quantitative estimate of drug-likeness (QED) is 0.767. The normalized spacial score (nSPS) is 23.0. The summed E-state index contributed by atoms with van der Waals surface area (Å²) in [6.45, 7) is 4.34. The summed E-state index contributed by atoms with van der Waals surface area (Å²) in [5.74, 6) is -0.123. The average molecular weight is 289 g/mol. The Labute approximate surface area is 128 Å². The van der Waals surface area contributed by atoms with Gasteiger partial charge in [-0.2, -0.15) is 0 Å². The van der Waals surface area contributed by atoms with Gasteiger partial charge in [0.15, 0.2) is 0 Å². The first-order chi connectivity index (χ1) is 10.2. The molecule has 21 heavy (non-hydrogen) atoms. The molecule has 2 aliphatic rings. The van der Waals surface area contributed by atoms with Crippen molar-refractivity contribution < 1.29 is 4.39 Å². The fraction of sp³-hybridized carbons (Fsp3) is 0.684. The molecule has 3 rings (SSSR count). The van der Waals surface area contributed by atoms with Crippen LogP contribution in [0.25, 0.3) is 0 Å². The van der Waals surface area contributed by atoms with Crippen LogP contribution in [0.15, 0.2) is 24.3 Å². The van der Waals surface area contributed by atoms with Gasteiger partial charge < -0.3 is 5.32 Å². The number of hydrogen-bond donors (Lipinski definition) is 1. The lowest BCUT2D eigenvalue weighted by Gasteiger charge is -2.59. The largest absolute Gasteiger partial charge is 0.316 e. The summed E-state index contributed by atoms with van der Waals surface area (Å²) in [7, 11) is 0. The van der Waals surface area contributed by atoms with E-state index >= 15 is 0 Å². The molecule has 1 spiro atoms. The Morgan fingerprint density at radius 3 is 2.33 bits per heavy atom. The highest BCUT2D eigenvalue weighted by Crippen LogP contribution is 2.61. The molecule has 2 saturated carbocycles. The highest BCUT2D eigenvalue weighted by atomic mass is 19.1. The van der Waals surface area contributed by atoms with E-state index in [-0.39, 0.29) is 11.2 Å². The van der Waals surface area contributed by atoms with E-state index in [1.54, 1.807) is 12.1 Å². The van der Waals surface area contributed by atoms with Gasteiger partial charge in [0.25, 0.3) is 0 Å². The van der Waals surface area contributed by atoms with Crippen molar-refractivity contribution >= 4 is 0 Å². The zero-order chi connectivity index (χ0) is 14.8. The zero-order valence-electron chi connectivity index (χ0n) is 13.3. The smallest absolute Gasteiger partial charge is 0.123 e. The third-order valence-electron chi connectivity index (χ3n) is 5.69. The predicted octanol–water partition coefficient (Wildman–Crippen LogP) is 4.81. The van der Waals surface area contributed by atoms with E-state index in [1.807, 2.05) is 12.1 Å². The number of hydrogen-bond acceptors (Lipinski definition) is 1. The van der Waals surface area contributed by atoms with Crippen molar-refractivity contribution in [2.75, 3.05) is 13.1 Å². The van der Waals surface area contributed by atoms with Gasteiger partial charge in [0.2, 0.25) is 0 Å². The summed E-state index contributed by atoms with van der Waals surface area (Å²) in [6.07, 6.45) is 10.8. The van der Waals surface area contributed by atoms with Crippen molar-refractivity contribution in [3.05, 3.63) is 35.6 Å². The van der Waals surface area contributed by atoms with Gasteiger partial charge in [0, 0.05) is 12.0 Å². The second-order valence-corrected chi connectivity index (χ2v) is 7.38. The lowest BCUT2D eigenvalue weighted by molar-refractivity contribution is -0.0127. The van der Waals surface area contributed by atoms with Crippen molar-refractivity contribution in [1.82, 2.24) is 5.32 Å². The molecule has 0 saturated heterocycles. The van der Waals surface area contributed by atoms with Crippen LogP contribution in [0.5, 0.6) is 0 Å². The number of benzene rings is 1. The van der Waals surface area contributed by atoms with E-state index in [0.29, 0.717) is 5.41 Å². The summed E-state index contributed by atoms with van der Waals surface area (Å²) in [4.78, 5) is 0. The van der Waals surface area contributed by atoms with Crippen molar-refractivity contribution in [3.8, 4) is 0 Å². The van der Waals surface area contributed by atoms with Crippen LogP contribution < -0.4 is 5.32 Å². The maximum absolute atomic E-state index is 13.2. The van der Waals surface area contributed by atoms with Crippen molar-refractivity contribution in [3.63, 3.8) is 0 Å². The first-order valence-electron chi connectivity index (χ1n) is 8.65. The van der Waals surface area contributed by atoms with Gasteiger partial charge in [-0.25, -0.2) is 4.39 Å². The lowest BCUT2D eigenvalue weighted by atomic mass is 9.46. The van der Waals surface area contributed by atoms with Crippen LogP contribution in [0.2, 0.25) is 0 Å². The van der Waals surface area contributed by atoms with Crippen molar-refractivity contribution in [2.45, 2.75) is 63.7 Å². The van der Waals surface area contributed by atoms with Crippen LogP contribution in [0.3, 0.4) is 0 Å². The van der Waals surface area contributed by atoms with Gasteiger partial charge in [0.1, 0.15) is 5.82 Å². The van der Waals surface area contributed by atoms with Crippen molar-refractivity contribution in [2.24, 2.45) is 5.41 Å². The third-order valence-corrected chi connectivity index (χ3v) is 5.69. The molecule has 1 aromatic rings. The summed E-state index contributed by atoms with van der Waals surface area (Å²) >= 11 is 0. The van der Waals surface area contributed by atoms with Crippen LogP contribution in [0.1, 0.15) is 63.9 Å². The topological polar surface area (TPSA) is 12.0 Å². The molecule has 2 fully saturated rings. The SMILES string of the molecule is CCCNCC1(c2ccc(F)cc2)CC2(CCCCC2)C1. The number of rotatable bonds is 5. The average Bonchev–Trinajstić information content (AvgIpc) is 2.47. The lowest BCUT2D eigenvalue weighted by Crippen LogP contribution is -2.55. The second-order valence-electron chi connectivity index (χ2n) is 7.38. The predicted molar refractivity (Wildman–Crippen MR) is 86.0 cm³/mol. The van der Waals surface area contributed by atoms with Crippen molar-refractivity contribution in [1.29, 1.82) is 0 Å². The van der Waals surface area contributed by atoms with E-state index in [1.165, 1.54) is 56.9 Å². The van der Waals surface area contributed by atoms with Gasteiger partial charge in [-0.15, -0.1) is 0 Å². The fourth-order valence-corrected chi connectivity index (χ4v) is 4.78. The monoisotopic (exact) mass is 289 g/mol. The molecule has 0 aromatic heterocycles. The molecule has 0 amide bonds. The molecule has 0 heterocycles. The maximum atomic E-state index is 13.2. The Morgan fingerprint density at radius 1 is 1.05 bits per heavy atom. The molecule has 0 atom stereocenters. The molecular formula is C19H28FN. The summed E-state index contributed by atoms with van der Waals surface area (Å²) < 4.78 is 13.2. The maximum Gasteiger partial charge on any atom is 0.123 e. The minimum atomic E-state index is -0.123. The molecule has 2 heteroatoms. The van der Waals surface area contributed by atoms with E-state index in [4.69, 9.17) is 0 Å². The Kier molecular flexibility index (Phi) is 4.35. The Balaban J connectivity index is 1.75. The molecule has 0 aliphatic heterocycles. The summed E-state index contributed by atoms with van der Waals surface area (Å²) in [5.41, 5.74) is 2.18. The molecule has 1 N–H and O–H groups in total. The van der Waals surface area contributed by atoms with E-state index < -0.39 is 0 Å². The molecular weight excluding hydrogens is 261 g/mol. The van der Waals surface area contributed by atoms with Gasteiger partial charge in [0.05, 0.1) is 0 Å². The van der Waals surface area contributed by atoms with Gasteiger partial charge in [-0.05, 0) is 61.8 Å². The summed E-state index contributed by atoms with van der Waals surface area (Å²) in [5, 5.41) is 3.62. The Morgan fingerprint density at radius 2 is 1.71 bits per heavy atom. The Hall–Kier alpha value is -0.890. The Bertz CT molecular complexity index is 451. The molecule has 0 unspecified atom stereocenters. The zero-order valence-corrected chi connectivity index (χ0v) is 13.3. The molecule has 2 aliphatic carbocycles. The molecule has 1 nitrogen and oxygen atoms in total. The van der Waals surface area contributed by atoms with Crippen LogP contribution >= 0.6 is 0 Å². The van der Waals surface area contributed by atoms with E-state index in [9.17, 15) is 4.39 Å². The molecule has 0 radical (unpaired) electrons. The summed E-state index contributed by atoms with van der Waals surface area (Å²) in [6, 6.07) is 7.28. The highest BCUT2D eigenvalue weighted by Gasteiger charge is 2.54. The molecule has 116 valence electrons. The van der Waals surface area contributed by atoms with Crippen LogP contribution in [-0.2, 0) is 5.41 Å². The number of nitrogens with one attached hydrogen (secondary N) is 1. The minimum absolute atomic E-state index is 0.123. The number of halogens is 1. The van der Waals surface area contributed by atoms with E-state index in [2.05, 4.69) is 12.2 Å². The first kappa shape index (κ1) is 15.0. The first-order valence-corrected chi connectivity index (χ1v) is 8.65. The third kappa shape index (κ3) is 3.01. The van der Waals surface area contributed by atoms with Crippen LogP contribution in [0.4, 0.5) is 4.39 Å². The minimum Gasteiger partial charge on any atom is -0.316 e. The molecule has 1 aromatic carbocycles. The van der Waals surface area contributed by atoms with Gasteiger partial charge in [-0.3, -0.25) is 0 Å². The van der Waals surface area contributed by atoms with Gasteiger partial charge >= 0.3 is 0 Å². The standard InChI is InChI=1S/C19H28FN/c1-2-12-21-15-19(16-6-8-17(20)9-7-16)13-18(14-19)10-4-3-5-11-18/h6-9,21H,2-5,10-15H2,1H3. The fourth-order valence-electron chi connectivity index (χ4n) is 4.78. The van der Waals surface area contributed by atoms with Gasteiger partial charge in [-0.1, -0.05) is 38.3 Å². The second kappa shape index (κ2) is 6.08. The van der Waals surface area contributed by atoms with E-state index in [0.717, 1.165) is 13.1 Å². The van der Waals surface area contributed by atoms with Crippen LogP contribution in [0, 0.1) is 11.2 Å². The van der Waals surface area contributed by atoms with Crippen LogP contribution in [-0.4, -0.2) is 13.1 Å².